The number of carbonyl (C=O) groups excluding carboxylic acids is 2. The minimum absolute atomic E-state index is 0.0268. The molecule has 0 aliphatic carbocycles. The van der Waals surface area contributed by atoms with Gasteiger partial charge in [0.05, 0.1) is 7.11 Å². The summed E-state index contributed by atoms with van der Waals surface area (Å²) in [7, 11) is 1.67. The van der Waals surface area contributed by atoms with Gasteiger partial charge in [-0.1, -0.05) is 24.3 Å². The van der Waals surface area contributed by atoms with Crippen LogP contribution in [0.2, 0.25) is 0 Å². The van der Waals surface area contributed by atoms with Gasteiger partial charge in [-0.3, -0.25) is 25.6 Å². The van der Waals surface area contributed by atoms with Gasteiger partial charge in [-0.05, 0) is 83.8 Å². The van der Waals surface area contributed by atoms with Crippen molar-refractivity contribution in [2.75, 3.05) is 26.7 Å². The normalized spacial score (nSPS) is 21.4. The number of hydrogen-bond acceptors (Lipinski definition) is 7. The third kappa shape index (κ3) is 6.27. The number of pyridine rings is 1. The standard InChI is InChI=1S/C32H40N6O3/c1-22(39)37-15-11-24(12-16-37)21-38-30(40)32(2,36-31(38)33)27-6-4-5-25(17-27)29-18-28(41-3)8-7-26(29)20-35-19-23-9-13-34-14-10-23/h4-10,13-14,17-18,24,31,35-36H,11-12,15-16,19-21,33H2,1-3H3. The fourth-order valence-corrected chi connectivity index (χ4v) is 5.91. The topological polar surface area (TPSA) is 113 Å². The van der Waals surface area contributed by atoms with Crippen LogP contribution in [0, 0.1) is 5.92 Å². The summed E-state index contributed by atoms with van der Waals surface area (Å²) in [5.74, 6) is 1.17. The van der Waals surface area contributed by atoms with E-state index in [1.807, 2.05) is 48.2 Å². The van der Waals surface area contributed by atoms with E-state index in [0.717, 1.165) is 60.5 Å². The highest BCUT2D eigenvalue weighted by Gasteiger charge is 2.48. The minimum Gasteiger partial charge on any atom is -0.497 e. The molecule has 0 saturated carbocycles. The summed E-state index contributed by atoms with van der Waals surface area (Å²) in [6.45, 7) is 6.95. The Morgan fingerprint density at radius 3 is 2.59 bits per heavy atom. The molecule has 0 radical (unpaired) electrons. The third-order valence-corrected chi connectivity index (χ3v) is 8.44. The number of carbonyl (C=O) groups is 2. The van der Waals surface area contributed by atoms with Crippen LogP contribution in [0.3, 0.4) is 0 Å². The van der Waals surface area contributed by atoms with E-state index >= 15 is 0 Å². The van der Waals surface area contributed by atoms with E-state index in [4.69, 9.17) is 10.5 Å². The molecule has 2 amide bonds. The number of nitrogens with one attached hydrogen (secondary N) is 2. The molecule has 2 unspecified atom stereocenters. The lowest BCUT2D eigenvalue weighted by molar-refractivity contribution is -0.135. The van der Waals surface area contributed by atoms with Crippen LogP contribution in [0.15, 0.2) is 67.0 Å². The van der Waals surface area contributed by atoms with Crippen molar-refractivity contribution in [3.63, 3.8) is 0 Å². The molecule has 0 spiro atoms. The van der Waals surface area contributed by atoms with Gasteiger partial charge in [0.25, 0.3) is 0 Å². The highest BCUT2D eigenvalue weighted by Crippen LogP contribution is 2.35. The number of ether oxygens (including phenoxy) is 1. The van der Waals surface area contributed by atoms with Gasteiger partial charge in [0.1, 0.15) is 17.6 Å². The van der Waals surface area contributed by atoms with E-state index in [2.05, 4.69) is 33.8 Å². The Morgan fingerprint density at radius 1 is 1.12 bits per heavy atom. The molecule has 2 aliphatic heterocycles. The van der Waals surface area contributed by atoms with Gasteiger partial charge in [0.15, 0.2) is 0 Å². The molecule has 2 atom stereocenters. The van der Waals surface area contributed by atoms with Crippen LogP contribution in [0.1, 0.15) is 43.4 Å². The van der Waals surface area contributed by atoms with E-state index in [1.165, 1.54) is 5.56 Å². The van der Waals surface area contributed by atoms with Crippen molar-refractivity contribution in [1.29, 1.82) is 0 Å². The van der Waals surface area contributed by atoms with Crippen molar-refractivity contribution in [2.24, 2.45) is 11.7 Å². The van der Waals surface area contributed by atoms with E-state index < -0.39 is 11.8 Å². The molecule has 2 fully saturated rings. The van der Waals surface area contributed by atoms with Gasteiger partial charge >= 0.3 is 0 Å². The molecule has 2 saturated heterocycles. The molecule has 1 aromatic heterocycles. The Labute approximate surface area is 242 Å². The van der Waals surface area contributed by atoms with Gasteiger partial charge in [0.2, 0.25) is 11.8 Å². The number of methoxy groups -OCH3 is 1. The summed E-state index contributed by atoms with van der Waals surface area (Å²) in [4.78, 5) is 33.3. The second kappa shape index (κ2) is 12.4. The lowest BCUT2D eigenvalue weighted by Gasteiger charge is -2.34. The Balaban J connectivity index is 1.34. The Hall–Kier alpha value is -3.79. The van der Waals surface area contributed by atoms with Crippen molar-refractivity contribution in [3.05, 3.63) is 83.7 Å². The molecule has 216 valence electrons. The highest BCUT2D eigenvalue weighted by molar-refractivity contribution is 5.90. The molecule has 9 heteroatoms. The van der Waals surface area contributed by atoms with Gasteiger partial charge in [-0.25, -0.2) is 0 Å². The van der Waals surface area contributed by atoms with Gasteiger partial charge in [0, 0.05) is 52.0 Å². The SMILES string of the molecule is COc1ccc(CNCc2ccncc2)c(-c2cccc(C3(C)NC(N)N(CC4CCN(C(C)=O)CC4)C3=O)c2)c1. The predicted octanol–water partition coefficient (Wildman–Crippen LogP) is 3.19. The first-order valence-electron chi connectivity index (χ1n) is 14.3. The number of benzene rings is 2. The molecule has 3 aromatic rings. The number of piperidine rings is 1. The van der Waals surface area contributed by atoms with Crippen molar-refractivity contribution >= 4 is 11.8 Å². The number of nitrogens with two attached hydrogens (primary N) is 1. The molecule has 2 aromatic carbocycles. The summed E-state index contributed by atoms with van der Waals surface area (Å²) in [5.41, 5.74) is 10.7. The quantitative estimate of drug-likeness (QED) is 0.371. The molecule has 41 heavy (non-hydrogen) atoms. The summed E-state index contributed by atoms with van der Waals surface area (Å²) >= 11 is 0. The smallest absolute Gasteiger partial charge is 0.249 e. The maximum absolute atomic E-state index is 13.9. The monoisotopic (exact) mass is 556 g/mol. The van der Waals surface area contributed by atoms with Crippen LogP contribution in [0.5, 0.6) is 5.75 Å². The second-order valence-corrected chi connectivity index (χ2v) is 11.2. The Morgan fingerprint density at radius 2 is 1.88 bits per heavy atom. The number of likely N-dealkylation sites (tertiary alicyclic amines) is 1. The first-order chi connectivity index (χ1) is 19.8. The lowest BCUT2D eigenvalue weighted by Crippen LogP contribution is -2.48. The maximum Gasteiger partial charge on any atom is 0.249 e. The molecule has 3 heterocycles. The Bertz CT molecular complexity index is 1370. The van der Waals surface area contributed by atoms with Crippen LogP contribution in [0.4, 0.5) is 0 Å². The fraction of sp³-hybridized carbons (Fsp3) is 0.406. The summed E-state index contributed by atoms with van der Waals surface area (Å²) in [6.07, 6.45) is 4.76. The van der Waals surface area contributed by atoms with Crippen LogP contribution >= 0.6 is 0 Å². The zero-order chi connectivity index (χ0) is 29.0. The number of rotatable bonds is 9. The van der Waals surface area contributed by atoms with E-state index in [0.29, 0.717) is 19.0 Å². The molecule has 4 N–H and O–H groups in total. The molecule has 5 rings (SSSR count). The van der Waals surface area contributed by atoms with Crippen molar-refractivity contribution in [2.45, 2.75) is 51.6 Å². The first kappa shape index (κ1) is 28.7. The summed E-state index contributed by atoms with van der Waals surface area (Å²) < 4.78 is 5.55. The van der Waals surface area contributed by atoms with Gasteiger partial charge in [-0.15, -0.1) is 0 Å². The zero-order valence-corrected chi connectivity index (χ0v) is 24.1. The highest BCUT2D eigenvalue weighted by atomic mass is 16.5. The maximum atomic E-state index is 13.9. The fourth-order valence-electron chi connectivity index (χ4n) is 5.91. The van der Waals surface area contributed by atoms with Crippen LogP contribution in [-0.2, 0) is 28.2 Å². The second-order valence-electron chi connectivity index (χ2n) is 11.2. The average Bonchev–Trinajstić information content (AvgIpc) is 3.21. The summed E-state index contributed by atoms with van der Waals surface area (Å²) in [5, 5.41) is 6.91. The minimum atomic E-state index is -0.950. The molecular weight excluding hydrogens is 516 g/mol. The van der Waals surface area contributed by atoms with Crippen LogP contribution in [-0.4, -0.2) is 59.6 Å². The lowest BCUT2D eigenvalue weighted by atomic mass is 9.88. The predicted molar refractivity (Wildman–Crippen MR) is 158 cm³/mol. The van der Waals surface area contributed by atoms with Crippen LogP contribution < -0.4 is 21.1 Å². The molecule has 2 aliphatic rings. The first-order valence-corrected chi connectivity index (χ1v) is 14.3. The molecule has 0 bridgehead atoms. The Kier molecular flexibility index (Phi) is 8.68. The van der Waals surface area contributed by atoms with E-state index in [1.54, 1.807) is 31.3 Å². The number of hydrogen-bond donors (Lipinski definition) is 3. The van der Waals surface area contributed by atoms with Crippen molar-refractivity contribution < 1.29 is 14.3 Å². The average molecular weight is 557 g/mol. The molecule has 9 nitrogen and oxygen atoms in total. The number of nitrogens with zero attached hydrogens (tertiary/aromatic N) is 3. The summed E-state index contributed by atoms with van der Waals surface area (Å²) in [6, 6.07) is 18.2. The van der Waals surface area contributed by atoms with E-state index in [9.17, 15) is 9.59 Å². The molecular formula is C32H40N6O3. The van der Waals surface area contributed by atoms with Gasteiger partial charge in [-0.2, -0.15) is 0 Å². The largest absolute Gasteiger partial charge is 0.497 e. The third-order valence-electron chi connectivity index (χ3n) is 8.44. The zero-order valence-electron chi connectivity index (χ0n) is 24.1. The number of aromatic nitrogens is 1. The van der Waals surface area contributed by atoms with Gasteiger partial charge < -0.3 is 19.9 Å². The van der Waals surface area contributed by atoms with Crippen molar-refractivity contribution in [1.82, 2.24) is 25.4 Å². The van der Waals surface area contributed by atoms with Crippen molar-refractivity contribution in [3.8, 4) is 16.9 Å². The number of amides is 2. The van der Waals surface area contributed by atoms with E-state index in [-0.39, 0.29) is 11.8 Å². The van der Waals surface area contributed by atoms with Crippen LogP contribution in [0.25, 0.3) is 11.1 Å².